The van der Waals surface area contributed by atoms with Crippen molar-refractivity contribution < 1.29 is 14.3 Å². The SMILES string of the molecule is O=C(NCC(=O)N1CCCc2ccccc21)c1ccc(OCc2cscn2)cc1. The van der Waals surface area contributed by atoms with Crippen molar-refractivity contribution in [3.63, 3.8) is 0 Å². The first kappa shape index (κ1) is 19.1. The number of thiazole rings is 1. The molecule has 7 heteroatoms. The lowest BCUT2D eigenvalue weighted by molar-refractivity contribution is -0.117. The molecular formula is C22H21N3O3S. The first-order chi connectivity index (χ1) is 14.2. The van der Waals surface area contributed by atoms with Crippen LogP contribution in [-0.4, -0.2) is 29.9 Å². The van der Waals surface area contributed by atoms with Gasteiger partial charge < -0.3 is 15.0 Å². The molecule has 0 fully saturated rings. The molecule has 2 amide bonds. The zero-order valence-electron chi connectivity index (χ0n) is 15.8. The minimum atomic E-state index is -0.283. The van der Waals surface area contributed by atoms with Crippen LogP contribution in [0.5, 0.6) is 5.75 Å². The van der Waals surface area contributed by atoms with E-state index in [1.165, 1.54) is 16.9 Å². The summed E-state index contributed by atoms with van der Waals surface area (Å²) < 4.78 is 5.65. The summed E-state index contributed by atoms with van der Waals surface area (Å²) in [7, 11) is 0. The lowest BCUT2D eigenvalue weighted by atomic mass is 10.0. The number of nitrogens with one attached hydrogen (secondary N) is 1. The second-order valence-electron chi connectivity index (χ2n) is 6.75. The van der Waals surface area contributed by atoms with E-state index in [2.05, 4.69) is 10.3 Å². The van der Waals surface area contributed by atoms with E-state index in [0.29, 0.717) is 24.5 Å². The van der Waals surface area contributed by atoms with Crippen molar-refractivity contribution in [1.29, 1.82) is 0 Å². The first-order valence-electron chi connectivity index (χ1n) is 9.47. The summed E-state index contributed by atoms with van der Waals surface area (Å²) in [5.41, 5.74) is 5.23. The smallest absolute Gasteiger partial charge is 0.251 e. The van der Waals surface area contributed by atoms with E-state index in [-0.39, 0.29) is 18.4 Å². The Morgan fingerprint density at radius 2 is 1.97 bits per heavy atom. The van der Waals surface area contributed by atoms with Crippen molar-refractivity contribution >= 4 is 28.8 Å². The summed E-state index contributed by atoms with van der Waals surface area (Å²) >= 11 is 1.52. The van der Waals surface area contributed by atoms with Crippen molar-refractivity contribution in [1.82, 2.24) is 10.3 Å². The Balaban J connectivity index is 1.31. The van der Waals surface area contributed by atoms with Crippen molar-refractivity contribution in [2.45, 2.75) is 19.4 Å². The molecule has 2 heterocycles. The molecule has 0 saturated carbocycles. The first-order valence-corrected chi connectivity index (χ1v) is 10.4. The molecule has 6 nitrogen and oxygen atoms in total. The Morgan fingerprint density at radius 3 is 2.76 bits per heavy atom. The van der Waals surface area contributed by atoms with Gasteiger partial charge in [-0.15, -0.1) is 11.3 Å². The molecule has 0 bridgehead atoms. The van der Waals surface area contributed by atoms with Gasteiger partial charge in [-0.3, -0.25) is 9.59 Å². The third kappa shape index (κ3) is 4.63. The predicted octanol–water partition coefficient (Wildman–Crippen LogP) is 3.43. The van der Waals surface area contributed by atoms with E-state index >= 15 is 0 Å². The van der Waals surface area contributed by atoms with E-state index in [1.54, 1.807) is 34.7 Å². The number of hydrogen-bond donors (Lipinski definition) is 1. The number of fused-ring (bicyclic) bond motifs is 1. The second kappa shape index (κ2) is 8.87. The van der Waals surface area contributed by atoms with Crippen LogP contribution in [0.3, 0.4) is 0 Å². The zero-order chi connectivity index (χ0) is 20.1. The molecule has 0 unspecified atom stereocenters. The van der Waals surface area contributed by atoms with Gasteiger partial charge in [-0.05, 0) is 48.7 Å². The molecule has 148 valence electrons. The summed E-state index contributed by atoms with van der Waals surface area (Å²) in [5.74, 6) is 0.277. The van der Waals surface area contributed by atoms with Gasteiger partial charge in [0, 0.05) is 23.2 Å². The summed E-state index contributed by atoms with van der Waals surface area (Å²) in [5, 5.41) is 4.65. The summed E-state index contributed by atoms with van der Waals surface area (Å²) in [6.07, 6.45) is 1.91. The van der Waals surface area contributed by atoms with Crippen LogP contribution in [0.2, 0.25) is 0 Å². The van der Waals surface area contributed by atoms with Crippen molar-refractivity contribution in [2.75, 3.05) is 18.0 Å². The van der Waals surface area contributed by atoms with E-state index in [9.17, 15) is 9.59 Å². The number of aryl methyl sites for hydroxylation is 1. The Morgan fingerprint density at radius 1 is 1.14 bits per heavy atom. The largest absolute Gasteiger partial charge is 0.487 e. The minimum absolute atomic E-state index is 0.0325. The van der Waals surface area contributed by atoms with Gasteiger partial charge in [-0.25, -0.2) is 4.98 Å². The number of aromatic nitrogens is 1. The molecule has 2 aromatic carbocycles. The molecule has 0 atom stereocenters. The highest BCUT2D eigenvalue weighted by Gasteiger charge is 2.22. The molecule has 1 N–H and O–H groups in total. The van der Waals surface area contributed by atoms with E-state index in [1.807, 2.05) is 29.6 Å². The molecule has 4 rings (SSSR count). The van der Waals surface area contributed by atoms with Crippen LogP contribution in [0.1, 0.15) is 28.0 Å². The fourth-order valence-electron chi connectivity index (χ4n) is 3.31. The van der Waals surface area contributed by atoms with Gasteiger partial charge in [-0.2, -0.15) is 0 Å². The van der Waals surface area contributed by atoms with Gasteiger partial charge in [0.1, 0.15) is 12.4 Å². The molecule has 0 spiro atoms. The average molecular weight is 407 g/mol. The fourth-order valence-corrected chi connectivity index (χ4v) is 3.86. The van der Waals surface area contributed by atoms with Gasteiger partial charge in [0.25, 0.3) is 5.91 Å². The zero-order valence-corrected chi connectivity index (χ0v) is 16.7. The molecular weight excluding hydrogens is 386 g/mol. The van der Waals surface area contributed by atoms with Crippen LogP contribution in [0.4, 0.5) is 5.69 Å². The third-order valence-electron chi connectivity index (χ3n) is 4.80. The average Bonchev–Trinajstić information content (AvgIpc) is 3.29. The lowest BCUT2D eigenvalue weighted by Gasteiger charge is -2.29. The number of anilines is 1. The highest BCUT2D eigenvalue weighted by Crippen LogP contribution is 2.26. The highest BCUT2D eigenvalue weighted by molar-refractivity contribution is 7.07. The van der Waals surface area contributed by atoms with Crippen molar-refractivity contribution in [3.05, 3.63) is 76.2 Å². The Labute approximate surface area is 173 Å². The maximum atomic E-state index is 12.6. The maximum Gasteiger partial charge on any atom is 0.251 e. The van der Waals surface area contributed by atoms with Gasteiger partial charge >= 0.3 is 0 Å². The minimum Gasteiger partial charge on any atom is -0.487 e. The summed E-state index contributed by atoms with van der Waals surface area (Å²) in [6.45, 7) is 1.03. The third-order valence-corrected chi connectivity index (χ3v) is 5.43. The molecule has 29 heavy (non-hydrogen) atoms. The van der Waals surface area contributed by atoms with Crippen LogP contribution in [-0.2, 0) is 17.8 Å². The van der Waals surface area contributed by atoms with E-state index < -0.39 is 0 Å². The monoisotopic (exact) mass is 407 g/mol. The number of carbonyl (C=O) groups is 2. The van der Waals surface area contributed by atoms with Gasteiger partial charge in [0.05, 0.1) is 17.7 Å². The number of para-hydroxylation sites is 1. The van der Waals surface area contributed by atoms with E-state index in [0.717, 1.165) is 24.2 Å². The molecule has 0 aliphatic carbocycles. The normalized spacial score (nSPS) is 12.9. The molecule has 1 aromatic heterocycles. The van der Waals surface area contributed by atoms with Crippen LogP contribution < -0.4 is 15.0 Å². The molecule has 1 aliphatic heterocycles. The Bertz CT molecular complexity index is 987. The number of rotatable bonds is 6. The molecule has 0 radical (unpaired) electrons. The van der Waals surface area contributed by atoms with Crippen molar-refractivity contribution in [2.24, 2.45) is 0 Å². The topological polar surface area (TPSA) is 71.5 Å². The number of amides is 2. The summed E-state index contributed by atoms with van der Waals surface area (Å²) in [6, 6.07) is 14.8. The number of ether oxygens (including phenoxy) is 1. The number of carbonyl (C=O) groups excluding carboxylic acids is 2. The van der Waals surface area contributed by atoms with Crippen LogP contribution in [0.15, 0.2) is 59.4 Å². The maximum absolute atomic E-state index is 12.6. The van der Waals surface area contributed by atoms with Crippen LogP contribution in [0, 0.1) is 0 Å². The van der Waals surface area contributed by atoms with E-state index in [4.69, 9.17) is 4.74 Å². The number of nitrogens with zero attached hydrogens (tertiary/aromatic N) is 2. The second-order valence-corrected chi connectivity index (χ2v) is 7.47. The quantitative estimate of drug-likeness (QED) is 0.680. The van der Waals surface area contributed by atoms with Gasteiger partial charge in [0.2, 0.25) is 5.91 Å². The molecule has 1 aliphatic rings. The number of hydrogen-bond acceptors (Lipinski definition) is 5. The fraction of sp³-hybridized carbons (Fsp3) is 0.227. The number of benzene rings is 2. The predicted molar refractivity (Wildman–Crippen MR) is 112 cm³/mol. The molecule has 3 aromatic rings. The van der Waals surface area contributed by atoms with Crippen LogP contribution in [0.25, 0.3) is 0 Å². The Hall–Kier alpha value is -3.19. The van der Waals surface area contributed by atoms with Crippen molar-refractivity contribution in [3.8, 4) is 5.75 Å². The highest BCUT2D eigenvalue weighted by atomic mass is 32.1. The summed E-state index contributed by atoms with van der Waals surface area (Å²) in [4.78, 5) is 31.0. The van der Waals surface area contributed by atoms with Gasteiger partial charge in [-0.1, -0.05) is 18.2 Å². The standard InChI is InChI=1S/C22H21N3O3S/c26-21(25-11-3-5-16-4-1-2-6-20(16)25)12-23-22(27)17-7-9-19(10-8-17)28-13-18-14-29-15-24-18/h1-2,4,6-10,14-15H,3,5,11-13H2,(H,23,27). The lowest BCUT2D eigenvalue weighted by Crippen LogP contribution is -2.42. The molecule has 0 saturated heterocycles. The van der Waals surface area contributed by atoms with Crippen LogP contribution >= 0.6 is 11.3 Å². The Kier molecular flexibility index (Phi) is 5.86. The van der Waals surface area contributed by atoms with Gasteiger partial charge in [0.15, 0.2) is 0 Å².